The summed E-state index contributed by atoms with van der Waals surface area (Å²) in [5.74, 6) is -1.31. The molecule has 3 rings (SSSR count). The number of Topliss-reactive ketones (excluding diaryl/α,β-unsaturated/α-hetero) is 1. The maximum atomic E-state index is 13.3. The number of allylic oxidation sites excluding steroid dienone is 3. The van der Waals surface area contributed by atoms with Crippen LogP contribution in [0, 0.1) is 15.5 Å². The van der Waals surface area contributed by atoms with Gasteiger partial charge in [0.1, 0.15) is 0 Å². The monoisotopic (exact) mass is 444 g/mol. The Hall–Kier alpha value is -3.36. The number of dihydropyridines is 1. The number of hydrogen-bond donors (Lipinski definition) is 1. The molecule has 0 saturated heterocycles. The molecule has 0 spiro atoms. The van der Waals surface area contributed by atoms with Gasteiger partial charge in [-0.3, -0.25) is 14.9 Å². The molecule has 32 heavy (non-hydrogen) atoms. The van der Waals surface area contributed by atoms with E-state index in [0.29, 0.717) is 23.4 Å². The summed E-state index contributed by atoms with van der Waals surface area (Å²) >= 11 is 0. The van der Waals surface area contributed by atoms with Gasteiger partial charge < -0.3 is 19.5 Å². The van der Waals surface area contributed by atoms with Crippen LogP contribution >= 0.6 is 0 Å². The summed E-state index contributed by atoms with van der Waals surface area (Å²) in [7, 11) is 2.80. The van der Waals surface area contributed by atoms with E-state index in [-0.39, 0.29) is 52.5 Å². The zero-order chi connectivity index (χ0) is 23.8. The van der Waals surface area contributed by atoms with E-state index in [1.165, 1.54) is 26.4 Å². The Balaban J connectivity index is 2.35. The van der Waals surface area contributed by atoms with E-state index in [2.05, 4.69) is 5.32 Å². The molecule has 1 aromatic carbocycles. The molecule has 9 heteroatoms. The Labute approximate surface area is 186 Å². The number of rotatable bonds is 6. The van der Waals surface area contributed by atoms with Crippen molar-refractivity contribution in [2.45, 2.75) is 46.5 Å². The zero-order valence-electron chi connectivity index (χ0n) is 19.2. The lowest BCUT2D eigenvalue weighted by Gasteiger charge is -2.39. The third-order valence-electron chi connectivity index (χ3n) is 5.78. The first-order valence-electron chi connectivity index (χ1n) is 10.4. The highest BCUT2D eigenvalue weighted by atomic mass is 16.6. The van der Waals surface area contributed by atoms with Gasteiger partial charge in [0.25, 0.3) is 5.69 Å². The molecule has 9 nitrogen and oxygen atoms in total. The Bertz CT molecular complexity index is 1050. The number of esters is 1. The molecule has 1 atom stereocenters. The first-order chi connectivity index (χ1) is 15.0. The molecule has 0 unspecified atom stereocenters. The molecular formula is C23H28N2O7. The van der Waals surface area contributed by atoms with Crippen LogP contribution in [0.5, 0.6) is 11.5 Å². The fourth-order valence-corrected chi connectivity index (χ4v) is 4.50. The maximum Gasteiger partial charge on any atom is 0.336 e. The number of benzene rings is 1. The average molecular weight is 444 g/mol. The van der Waals surface area contributed by atoms with Crippen LogP contribution in [-0.2, 0) is 14.3 Å². The van der Waals surface area contributed by atoms with Gasteiger partial charge in [-0.1, -0.05) is 13.8 Å². The lowest BCUT2D eigenvalue weighted by molar-refractivity contribution is -0.385. The van der Waals surface area contributed by atoms with Crippen molar-refractivity contribution in [1.82, 2.24) is 5.32 Å². The summed E-state index contributed by atoms with van der Waals surface area (Å²) in [6.07, 6.45) is 0.833. The number of carbonyl (C=O) groups is 2. The number of nitro benzene ring substituents is 1. The largest absolute Gasteiger partial charge is 0.493 e. The second kappa shape index (κ2) is 8.64. The van der Waals surface area contributed by atoms with Gasteiger partial charge in [-0.15, -0.1) is 0 Å². The van der Waals surface area contributed by atoms with Crippen molar-refractivity contribution >= 4 is 17.4 Å². The van der Waals surface area contributed by atoms with E-state index in [0.717, 1.165) is 0 Å². The molecule has 0 fully saturated rings. The third kappa shape index (κ3) is 4.06. The van der Waals surface area contributed by atoms with Gasteiger partial charge in [0.2, 0.25) is 0 Å². The number of ether oxygens (including phenoxy) is 3. The number of ketones is 1. The molecule has 1 N–H and O–H groups in total. The van der Waals surface area contributed by atoms with Crippen molar-refractivity contribution < 1.29 is 28.7 Å². The normalized spacial score (nSPS) is 19.8. The quantitative estimate of drug-likeness (QED) is 0.400. The first-order valence-corrected chi connectivity index (χ1v) is 10.4. The minimum atomic E-state index is -0.964. The first kappa shape index (κ1) is 23.3. The Morgan fingerprint density at radius 3 is 2.41 bits per heavy atom. The van der Waals surface area contributed by atoms with Gasteiger partial charge >= 0.3 is 5.97 Å². The smallest absolute Gasteiger partial charge is 0.336 e. The maximum absolute atomic E-state index is 13.3. The number of nitro groups is 1. The molecule has 0 bridgehead atoms. The van der Waals surface area contributed by atoms with Gasteiger partial charge in [0, 0.05) is 29.0 Å². The molecule has 0 saturated carbocycles. The van der Waals surface area contributed by atoms with Crippen LogP contribution in [0.15, 0.2) is 34.7 Å². The Morgan fingerprint density at radius 2 is 1.84 bits per heavy atom. The number of nitrogens with one attached hydrogen (secondary N) is 1. The second-order valence-electron chi connectivity index (χ2n) is 8.67. The highest BCUT2D eigenvalue weighted by Crippen LogP contribution is 2.50. The van der Waals surface area contributed by atoms with Crippen LogP contribution in [0.25, 0.3) is 0 Å². The zero-order valence-corrected chi connectivity index (χ0v) is 19.2. The SMILES string of the molecule is CCOC(=O)C1=C(C)NC2=C(C(=O)CC(C)(C)C2)[C@@H]1c1cc(OC)c(OC)cc1[N+](=O)[O-]. The van der Waals surface area contributed by atoms with Crippen LogP contribution in [0.3, 0.4) is 0 Å². The summed E-state index contributed by atoms with van der Waals surface area (Å²) in [5, 5.41) is 15.2. The Kier molecular flexibility index (Phi) is 6.29. The van der Waals surface area contributed by atoms with E-state index in [1.54, 1.807) is 13.8 Å². The average Bonchev–Trinajstić information content (AvgIpc) is 2.70. The van der Waals surface area contributed by atoms with Crippen LogP contribution in [0.4, 0.5) is 5.69 Å². The highest BCUT2D eigenvalue weighted by Gasteiger charge is 2.45. The molecular weight excluding hydrogens is 416 g/mol. The van der Waals surface area contributed by atoms with Gasteiger partial charge in [-0.05, 0) is 31.7 Å². The van der Waals surface area contributed by atoms with Crippen molar-refractivity contribution in [2.75, 3.05) is 20.8 Å². The molecule has 1 aromatic rings. The highest BCUT2D eigenvalue weighted by molar-refractivity contribution is 6.04. The van der Waals surface area contributed by atoms with E-state index in [4.69, 9.17) is 14.2 Å². The van der Waals surface area contributed by atoms with E-state index in [1.807, 2.05) is 13.8 Å². The summed E-state index contributed by atoms with van der Waals surface area (Å²) in [4.78, 5) is 37.8. The summed E-state index contributed by atoms with van der Waals surface area (Å²) in [6.45, 7) is 7.50. The predicted molar refractivity (Wildman–Crippen MR) is 116 cm³/mol. The van der Waals surface area contributed by atoms with Gasteiger partial charge in [-0.2, -0.15) is 0 Å². The fourth-order valence-electron chi connectivity index (χ4n) is 4.50. The summed E-state index contributed by atoms with van der Waals surface area (Å²) in [5.41, 5.74) is 1.33. The standard InChI is InChI=1S/C23H28N2O7/c1-7-32-22(27)19-12(2)24-14-10-23(3,4)11-16(26)21(14)20(19)13-8-17(30-5)18(31-6)9-15(13)25(28)29/h8-9,20,24H,7,10-11H2,1-6H3/t20-/m1/s1. The molecule has 172 valence electrons. The predicted octanol–water partition coefficient (Wildman–Crippen LogP) is 3.78. The molecule has 2 aliphatic rings. The Morgan fingerprint density at radius 1 is 1.22 bits per heavy atom. The van der Waals surface area contributed by atoms with Crippen molar-refractivity contribution in [3.63, 3.8) is 0 Å². The summed E-state index contributed by atoms with van der Waals surface area (Å²) < 4.78 is 15.9. The second-order valence-corrected chi connectivity index (χ2v) is 8.67. The fraction of sp³-hybridized carbons (Fsp3) is 0.478. The third-order valence-corrected chi connectivity index (χ3v) is 5.78. The van der Waals surface area contributed by atoms with Crippen molar-refractivity contribution in [3.8, 4) is 11.5 Å². The number of carbonyl (C=O) groups excluding carboxylic acids is 2. The molecule has 1 aliphatic heterocycles. The van der Waals surface area contributed by atoms with Crippen LogP contribution in [0.1, 0.15) is 52.0 Å². The number of methoxy groups -OCH3 is 2. The van der Waals surface area contributed by atoms with E-state index < -0.39 is 16.8 Å². The van der Waals surface area contributed by atoms with Crippen LogP contribution in [0.2, 0.25) is 0 Å². The summed E-state index contributed by atoms with van der Waals surface area (Å²) in [6, 6.07) is 2.73. The topological polar surface area (TPSA) is 117 Å². The molecule has 0 amide bonds. The van der Waals surface area contributed by atoms with Crippen LogP contribution in [-0.4, -0.2) is 37.5 Å². The minimum absolute atomic E-state index is 0.128. The van der Waals surface area contributed by atoms with Crippen molar-refractivity contribution in [1.29, 1.82) is 0 Å². The number of nitrogens with zero attached hydrogens (tertiary/aromatic N) is 1. The van der Waals surface area contributed by atoms with Gasteiger partial charge in [0.15, 0.2) is 17.3 Å². The lowest BCUT2D eigenvalue weighted by atomic mass is 9.68. The van der Waals surface area contributed by atoms with E-state index >= 15 is 0 Å². The molecule has 0 radical (unpaired) electrons. The van der Waals surface area contributed by atoms with Crippen molar-refractivity contribution in [2.24, 2.45) is 5.41 Å². The molecule has 1 aliphatic carbocycles. The minimum Gasteiger partial charge on any atom is -0.493 e. The lowest BCUT2D eigenvalue weighted by Crippen LogP contribution is -2.38. The van der Waals surface area contributed by atoms with Crippen molar-refractivity contribution in [3.05, 3.63) is 50.4 Å². The molecule has 1 heterocycles. The molecule has 0 aromatic heterocycles. The van der Waals surface area contributed by atoms with Gasteiger partial charge in [0.05, 0.1) is 43.3 Å². The van der Waals surface area contributed by atoms with Gasteiger partial charge in [-0.25, -0.2) is 4.79 Å². The van der Waals surface area contributed by atoms with Crippen LogP contribution < -0.4 is 14.8 Å². The number of hydrogen-bond acceptors (Lipinski definition) is 8. The van der Waals surface area contributed by atoms with E-state index in [9.17, 15) is 19.7 Å².